The Morgan fingerprint density at radius 1 is 0.857 bits per heavy atom. The molecule has 0 unspecified atom stereocenters. The molecule has 0 spiro atoms. The van der Waals surface area contributed by atoms with Gasteiger partial charge in [-0.15, -0.1) is 0 Å². The van der Waals surface area contributed by atoms with Crippen molar-refractivity contribution in [1.82, 2.24) is 0 Å². The predicted octanol–water partition coefficient (Wildman–Crippen LogP) is 5.03. The second-order valence-corrected chi connectivity index (χ2v) is 14.8. The lowest BCUT2D eigenvalue weighted by Gasteiger charge is -2.73. The molecule has 0 heterocycles. The summed E-state index contributed by atoms with van der Waals surface area (Å²) in [5.41, 5.74) is -0.635. The minimum atomic E-state index is -0.841. The summed E-state index contributed by atoms with van der Waals surface area (Å²) in [6, 6.07) is 0. The first-order chi connectivity index (χ1) is 16.1. The van der Waals surface area contributed by atoms with Crippen LogP contribution in [0.1, 0.15) is 92.9 Å². The number of aliphatic hydroxyl groups excluding tert-OH is 3. The number of fused-ring (bicyclic) bond motifs is 7. The van der Waals surface area contributed by atoms with Gasteiger partial charge in [-0.05, 0) is 110 Å². The number of rotatable bonds is 2. The third-order valence-electron chi connectivity index (χ3n) is 13.3. The zero-order chi connectivity index (χ0) is 25.9. The average molecular weight is 489 g/mol. The van der Waals surface area contributed by atoms with Crippen molar-refractivity contribution in [2.24, 2.45) is 56.7 Å². The van der Waals surface area contributed by atoms with Crippen LogP contribution in [0.3, 0.4) is 0 Å². The SMILES string of the molecule is C=C(C)[C@@H]1CC[C@]2(C(=O)O)CC[C@]3(C)[C@H](CC[C@@H]4[C@@]5(C)C[C@@H](O)[C@H](O)C(C)(C)[C@@H]5[C@H](O)C[C@]43C)[C@@H]12. The Morgan fingerprint density at radius 3 is 2.11 bits per heavy atom. The zero-order valence-electron chi connectivity index (χ0n) is 22.7. The first-order valence-corrected chi connectivity index (χ1v) is 14.0. The zero-order valence-corrected chi connectivity index (χ0v) is 22.7. The summed E-state index contributed by atoms with van der Waals surface area (Å²) in [7, 11) is 0. The summed E-state index contributed by atoms with van der Waals surface area (Å²) < 4.78 is 0. The Hall–Kier alpha value is -0.910. The van der Waals surface area contributed by atoms with E-state index in [1.165, 1.54) is 0 Å². The van der Waals surface area contributed by atoms with E-state index >= 15 is 0 Å². The van der Waals surface area contributed by atoms with Gasteiger partial charge in [-0.25, -0.2) is 0 Å². The molecule has 0 aromatic heterocycles. The highest BCUT2D eigenvalue weighted by Crippen LogP contribution is 2.77. The number of carboxylic acids is 1. The van der Waals surface area contributed by atoms with Gasteiger partial charge in [0.25, 0.3) is 0 Å². The Labute approximate surface area is 211 Å². The van der Waals surface area contributed by atoms with Crippen LogP contribution in [0.25, 0.3) is 0 Å². The molecule has 4 N–H and O–H groups in total. The van der Waals surface area contributed by atoms with E-state index in [4.69, 9.17) is 0 Å². The van der Waals surface area contributed by atoms with Crippen LogP contribution in [0.2, 0.25) is 0 Å². The fourth-order valence-electron chi connectivity index (χ4n) is 11.8. The maximum absolute atomic E-state index is 12.8. The number of carbonyl (C=O) groups is 1. The first kappa shape index (κ1) is 25.7. The van der Waals surface area contributed by atoms with Gasteiger partial charge in [0.05, 0.1) is 23.7 Å². The molecular formula is C30H48O5. The smallest absolute Gasteiger partial charge is 0.309 e. The van der Waals surface area contributed by atoms with E-state index in [1.54, 1.807) is 0 Å². The minimum absolute atomic E-state index is 0.0806. The Morgan fingerprint density at radius 2 is 1.51 bits per heavy atom. The molecule has 5 aliphatic rings. The number of aliphatic hydroxyl groups is 3. The molecule has 5 rings (SSSR count). The molecule has 5 heteroatoms. The van der Waals surface area contributed by atoms with Crippen molar-refractivity contribution in [1.29, 1.82) is 0 Å². The van der Waals surface area contributed by atoms with Gasteiger partial charge in [-0.3, -0.25) is 4.79 Å². The van der Waals surface area contributed by atoms with Crippen LogP contribution in [0.4, 0.5) is 0 Å². The van der Waals surface area contributed by atoms with Gasteiger partial charge < -0.3 is 20.4 Å². The standard InChI is InChI=1S/C30H48O5/c1-16(2)17-10-11-30(25(34)35)13-12-28(6)18(22(17)30)8-9-21-27(5)14-20(32)24(33)26(3,4)23(27)19(31)15-29(21,28)7/h17-24,31-33H,1,8-15H2,2-7H3,(H,34,35)/t17-,18+,19+,20+,21+,22+,23-,24-,27+,28+,29+,30-/m0/s1. The monoisotopic (exact) mass is 488 g/mol. The van der Waals surface area contributed by atoms with Gasteiger partial charge in [-0.1, -0.05) is 46.8 Å². The first-order valence-electron chi connectivity index (χ1n) is 14.0. The largest absolute Gasteiger partial charge is 0.481 e. The normalized spacial score (nSPS) is 56.8. The quantitative estimate of drug-likeness (QED) is 0.409. The van der Waals surface area contributed by atoms with Crippen molar-refractivity contribution in [3.63, 3.8) is 0 Å². The molecule has 0 aromatic carbocycles. The van der Waals surface area contributed by atoms with Crippen LogP contribution >= 0.6 is 0 Å². The number of aliphatic carboxylic acids is 1. The molecule has 0 radical (unpaired) electrons. The summed E-state index contributed by atoms with van der Waals surface area (Å²) in [5, 5.41) is 44.2. The van der Waals surface area contributed by atoms with E-state index < -0.39 is 35.1 Å². The third-order valence-corrected chi connectivity index (χ3v) is 13.3. The number of carboxylic acid groups (broad SMARTS) is 1. The summed E-state index contributed by atoms with van der Waals surface area (Å²) in [5.74, 6) is 0.251. The van der Waals surface area contributed by atoms with Gasteiger partial charge in [0.15, 0.2) is 0 Å². The van der Waals surface area contributed by atoms with Crippen LogP contribution in [-0.4, -0.2) is 44.7 Å². The number of hydrogen-bond donors (Lipinski definition) is 4. The van der Waals surface area contributed by atoms with Gasteiger partial charge in [0.1, 0.15) is 0 Å². The molecule has 198 valence electrons. The molecule has 5 aliphatic carbocycles. The molecule has 0 aromatic rings. The van der Waals surface area contributed by atoms with Crippen molar-refractivity contribution in [2.75, 3.05) is 0 Å². The molecule has 35 heavy (non-hydrogen) atoms. The summed E-state index contributed by atoms with van der Waals surface area (Å²) in [6.45, 7) is 17.4. The molecule has 12 atom stereocenters. The minimum Gasteiger partial charge on any atom is -0.481 e. The number of allylic oxidation sites excluding steroid dienone is 1. The molecule has 5 saturated carbocycles. The van der Waals surface area contributed by atoms with Crippen molar-refractivity contribution < 1.29 is 25.2 Å². The van der Waals surface area contributed by atoms with Crippen LogP contribution < -0.4 is 0 Å². The molecule has 5 fully saturated rings. The second-order valence-electron chi connectivity index (χ2n) is 14.8. The highest BCUT2D eigenvalue weighted by atomic mass is 16.4. The highest BCUT2D eigenvalue weighted by molar-refractivity contribution is 5.76. The average Bonchev–Trinajstić information content (AvgIpc) is 3.13. The highest BCUT2D eigenvalue weighted by Gasteiger charge is 2.74. The van der Waals surface area contributed by atoms with E-state index in [0.29, 0.717) is 25.2 Å². The van der Waals surface area contributed by atoms with Crippen molar-refractivity contribution in [3.05, 3.63) is 12.2 Å². The van der Waals surface area contributed by atoms with Crippen LogP contribution in [-0.2, 0) is 4.79 Å². The van der Waals surface area contributed by atoms with Crippen molar-refractivity contribution in [2.45, 2.75) is 111 Å². The summed E-state index contributed by atoms with van der Waals surface area (Å²) in [6.07, 6.45) is 4.24. The molecule has 0 bridgehead atoms. The van der Waals surface area contributed by atoms with Gasteiger partial charge in [0.2, 0.25) is 0 Å². The fraction of sp³-hybridized carbons (Fsp3) is 0.900. The maximum Gasteiger partial charge on any atom is 0.309 e. The lowest BCUT2D eigenvalue weighted by atomic mass is 9.31. The fourth-order valence-corrected chi connectivity index (χ4v) is 11.8. The predicted molar refractivity (Wildman–Crippen MR) is 135 cm³/mol. The molecule has 0 saturated heterocycles. The van der Waals surface area contributed by atoms with Gasteiger partial charge in [0, 0.05) is 0 Å². The maximum atomic E-state index is 12.8. The van der Waals surface area contributed by atoms with Crippen molar-refractivity contribution in [3.8, 4) is 0 Å². The summed E-state index contributed by atoms with van der Waals surface area (Å²) >= 11 is 0. The lowest BCUT2D eigenvalue weighted by molar-refractivity contribution is -0.289. The Kier molecular flexibility index (Phi) is 5.56. The topological polar surface area (TPSA) is 98.0 Å². The number of hydrogen-bond acceptors (Lipinski definition) is 4. The molecule has 0 aliphatic heterocycles. The van der Waals surface area contributed by atoms with E-state index in [1.807, 2.05) is 13.8 Å². The summed E-state index contributed by atoms with van der Waals surface area (Å²) in [4.78, 5) is 12.8. The lowest BCUT2D eigenvalue weighted by Crippen LogP contribution is -2.71. The Balaban J connectivity index is 1.61. The van der Waals surface area contributed by atoms with E-state index in [2.05, 4.69) is 34.3 Å². The van der Waals surface area contributed by atoms with Crippen molar-refractivity contribution >= 4 is 5.97 Å². The van der Waals surface area contributed by atoms with E-state index in [9.17, 15) is 25.2 Å². The van der Waals surface area contributed by atoms with Gasteiger partial charge in [-0.2, -0.15) is 0 Å². The van der Waals surface area contributed by atoms with Crippen LogP contribution in [0.15, 0.2) is 12.2 Å². The van der Waals surface area contributed by atoms with Crippen LogP contribution in [0.5, 0.6) is 0 Å². The second kappa shape index (κ2) is 7.57. The molecular weight excluding hydrogens is 440 g/mol. The van der Waals surface area contributed by atoms with Crippen LogP contribution in [0, 0.1) is 56.7 Å². The van der Waals surface area contributed by atoms with E-state index in [0.717, 1.165) is 37.7 Å². The molecule has 0 amide bonds. The van der Waals surface area contributed by atoms with Gasteiger partial charge >= 0.3 is 5.97 Å². The third kappa shape index (κ3) is 2.95. The Bertz CT molecular complexity index is 928. The molecule has 5 nitrogen and oxygen atoms in total. The van der Waals surface area contributed by atoms with E-state index in [-0.39, 0.29) is 39.9 Å².